The van der Waals surface area contributed by atoms with E-state index in [9.17, 15) is 4.79 Å². The summed E-state index contributed by atoms with van der Waals surface area (Å²) in [4.78, 5) is 16.4. The van der Waals surface area contributed by atoms with E-state index in [0.717, 1.165) is 51.4 Å². The normalized spacial score (nSPS) is 15.7. The van der Waals surface area contributed by atoms with Gasteiger partial charge in [-0.1, -0.05) is 11.6 Å². The number of nitrogens with one attached hydrogen (secondary N) is 1. The Hall–Kier alpha value is -1.30. The van der Waals surface area contributed by atoms with Crippen molar-refractivity contribution in [1.82, 2.24) is 15.1 Å². The minimum absolute atomic E-state index is 0.275. The van der Waals surface area contributed by atoms with Crippen molar-refractivity contribution in [2.45, 2.75) is 12.8 Å². The molecule has 1 heterocycles. The van der Waals surface area contributed by atoms with Crippen LogP contribution < -0.4 is 10.1 Å². The summed E-state index contributed by atoms with van der Waals surface area (Å²) in [6.45, 7) is 5.90. The number of carbonyl (C=O) groups excluding carboxylic acids is 1. The number of benzene rings is 1. The van der Waals surface area contributed by atoms with Crippen LogP contribution in [0.3, 0.4) is 0 Å². The molecular formula is C17H26ClN3O2. The summed E-state index contributed by atoms with van der Waals surface area (Å²) in [5, 5.41) is 3.79. The molecule has 6 heteroatoms. The van der Waals surface area contributed by atoms with E-state index in [1.54, 1.807) is 0 Å². The number of carbonyl (C=O) groups is 1. The number of hydrogen-bond donors (Lipinski definition) is 1. The van der Waals surface area contributed by atoms with E-state index in [1.807, 2.05) is 36.2 Å². The van der Waals surface area contributed by atoms with Gasteiger partial charge in [0.15, 0.2) is 0 Å². The van der Waals surface area contributed by atoms with E-state index >= 15 is 0 Å². The Balaban J connectivity index is 1.61. The molecule has 0 atom stereocenters. The molecule has 1 fully saturated rings. The molecule has 1 N–H and O–H groups in total. The fraction of sp³-hybridized carbons (Fsp3) is 0.588. The first-order chi connectivity index (χ1) is 11.2. The van der Waals surface area contributed by atoms with Crippen molar-refractivity contribution < 1.29 is 9.53 Å². The van der Waals surface area contributed by atoms with Crippen molar-refractivity contribution in [1.29, 1.82) is 0 Å². The quantitative estimate of drug-likeness (QED) is 0.734. The second-order valence-corrected chi connectivity index (χ2v) is 6.17. The van der Waals surface area contributed by atoms with Gasteiger partial charge >= 0.3 is 0 Å². The van der Waals surface area contributed by atoms with Crippen LogP contribution in [0.5, 0.6) is 5.75 Å². The molecule has 2 rings (SSSR count). The highest BCUT2D eigenvalue weighted by atomic mass is 35.5. The van der Waals surface area contributed by atoms with Crippen molar-refractivity contribution in [3.63, 3.8) is 0 Å². The van der Waals surface area contributed by atoms with E-state index in [4.69, 9.17) is 16.3 Å². The maximum Gasteiger partial charge on any atom is 0.222 e. The average molecular weight is 340 g/mol. The third kappa shape index (κ3) is 6.37. The molecule has 0 radical (unpaired) electrons. The molecule has 1 amide bonds. The summed E-state index contributed by atoms with van der Waals surface area (Å²) in [6.07, 6.45) is 1.55. The minimum Gasteiger partial charge on any atom is -0.492 e. The molecule has 0 bridgehead atoms. The molecule has 0 aromatic heterocycles. The largest absolute Gasteiger partial charge is 0.492 e. The van der Waals surface area contributed by atoms with Crippen LogP contribution in [-0.4, -0.2) is 68.6 Å². The first kappa shape index (κ1) is 18.0. The van der Waals surface area contributed by atoms with Crippen molar-refractivity contribution in [3.8, 4) is 5.75 Å². The monoisotopic (exact) mass is 339 g/mol. The summed E-state index contributed by atoms with van der Waals surface area (Å²) >= 11 is 5.85. The predicted molar refractivity (Wildman–Crippen MR) is 93.1 cm³/mol. The Labute approximate surface area is 143 Å². The van der Waals surface area contributed by atoms with Crippen LogP contribution in [0.25, 0.3) is 0 Å². The van der Waals surface area contributed by atoms with Crippen molar-refractivity contribution >= 4 is 17.5 Å². The Morgan fingerprint density at radius 3 is 2.57 bits per heavy atom. The highest BCUT2D eigenvalue weighted by Gasteiger charge is 2.20. The Morgan fingerprint density at radius 2 is 1.91 bits per heavy atom. The zero-order valence-corrected chi connectivity index (χ0v) is 14.5. The number of nitrogens with zero attached hydrogens (tertiary/aromatic N) is 2. The lowest BCUT2D eigenvalue weighted by atomic mass is 10.2. The lowest BCUT2D eigenvalue weighted by molar-refractivity contribution is -0.133. The van der Waals surface area contributed by atoms with Crippen LogP contribution in [0, 0.1) is 0 Å². The van der Waals surface area contributed by atoms with Gasteiger partial charge in [0.25, 0.3) is 0 Å². The first-order valence-electron chi connectivity index (χ1n) is 8.22. The van der Waals surface area contributed by atoms with E-state index in [-0.39, 0.29) is 5.91 Å². The first-order valence-corrected chi connectivity index (χ1v) is 8.60. The van der Waals surface area contributed by atoms with Crippen LogP contribution in [0.1, 0.15) is 12.8 Å². The van der Waals surface area contributed by atoms with Gasteiger partial charge in [-0.3, -0.25) is 9.69 Å². The maximum absolute atomic E-state index is 12.1. The SMILES string of the molecule is CNCCCC(=O)N1CCN(CCOc2ccc(Cl)cc2)CC1. The van der Waals surface area contributed by atoms with Crippen molar-refractivity contribution in [2.24, 2.45) is 0 Å². The fourth-order valence-corrected chi connectivity index (χ4v) is 2.74. The zero-order chi connectivity index (χ0) is 16.5. The lowest BCUT2D eigenvalue weighted by Crippen LogP contribution is -2.49. The number of amides is 1. The Morgan fingerprint density at radius 1 is 1.22 bits per heavy atom. The van der Waals surface area contributed by atoms with Gasteiger partial charge in [0, 0.05) is 44.2 Å². The third-order valence-electron chi connectivity index (χ3n) is 4.03. The Kier molecular flexibility index (Phi) is 7.65. The second-order valence-electron chi connectivity index (χ2n) is 5.73. The molecule has 0 unspecified atom stereocenters. The molecule has 1 aliphatic rings. The number of halogens is 1. The highest BCUT2D eigenvalue weighted by molar-refractivity contribution is 6.30. The summed E-state index contributed by atoms with van der Waals surface area (Å²) < 4.78 is 5.72. The minimum atomic E-state index is 0.275. The molecule has 1 aliphatic heterocycles. The smallest absolute Gasteiger partial charge is 0.222 e. The molecule has 1 saturated heterocycles. The molecule has 1 aromatic carbocycles. The summed E-state index contributed by atoms with van der Waals surface area (Å²) in [6, 6.07) is 7.42. The standard InChI is InChI=1S/C17H26ClN3O2/c1-19-8-2-3-17(22)21-11-9-20(10-12-21)13-14-23-16-6-4-15(18)5-7-16/h4-7,19H,2-3,8-14H2,1H3. The third-order valence-corrected chi connectivity index (χ3v) is 4.28. The van der Waals surface area contributed by atoms with Crippen molar-refractivity contribution in [2.75, 3.05) is 52.9 Å². The van der Waals surface area contributed by atoms with Crippen molar-refractivity contribution in [3.05, 3.63) is 29.3 Å². The average Bonchev–Trinajstić information content (AvgIpc) is 2.57. The van der Waals surface area contributed by atoms with Gasteiger partial charge in [-0.2, -0.15) is 0 Å². The topological polar surface area (TPSA) is 44.8 Å². The van der Waals surface area contributed by atoms with Crippen LogP contribution in [0.2, 0.25) is 5.02 Å². The predicted octanol–water partition coefficient (Wildman–Crippen LogP) is 1.86. The van der Waals surface area contributed by atoms with Gasteiger partial charge in [-0.15, -0.1) is 0 Å². The molecule has 0 aliphatic carbocycles. The van der Waals surface area contributed by atoms with E-state index < -0.39 is 0 Å². The highest BCUT2D eigenvalue weighted by Crippen LogP contribution is 2.15. The van der Waals surface area contributed by atoms with Gasteiger partial charge in [0.2, 0.25) is 5.91 Å². The van der Waals surface area contributed by atoms with E-state index in [0.29, 0.717) is 18.1 Å². The van der Waals surface area contributed by atoms with Crippen LogP contribution >= 0.6 is 11.6 Å². The van der Waals surface area contributed by atoms with Crippen LogP contribution in [0.15, 0.2) is 24.3 Å². The van der Waals surface area contributed by atoms with Gasteiger partial charge in [-0.25, -0.2) is 0 Å². The molecule has 0 saturated carbocycles. The summed E-state index contributed by atoms with van der Waals surface area (Å²) in [5.74, 6) is 1.12. The maximum atomic E-state index is 12.1. The van der Waals surface area contributed by atoms with Gasteiger partial charge in [0.05, 0.1) is 0 Å². The number of piperazine rings is 1. The fourth-order valence-electron chi connectivity index (χ4n) is 2.62. The molecule has 23 heavy (non-hydrogen) atoms. The number of hydrogen-bond acceptors (Lipinski definition) is 4. The lowest BCUT2D eigenvalue weighted by Gasteiger charge is -2.34. The van der Waals surface area contributed by atoms with Crippen LogP contribution in [-0.2, 0) is 4.79 Å². The van der Waals surface area contributed by atoms with Gasteiger partial charge in [0.1, 0.15) is 12.4 Å². The number of ether oxygens (including phenoxy) is 1. The molecule has 128 valence electrons. The van der Waals surface area contributed by atoms with E-state index in [1.165, 1.54) is 0 Å². The summed E-state index contributed by atoms with van der Waals surface area (Å²) in [5.41, 5.74) is 0. The van der Waals surface area contributed by atoms with Gasteiger partial charge in [-0.05, 0) is 44.3 Å². The number of rotatable bonds is 8. The molecule has 1 aromatic rings. The zero-order valence-electron chi connectivity index (χ0n) is 13.8. The van der Waals surface area contributed by atoms with Gasteiger partial charge < -0.3 is 15.0 Å². The van der Waals surface area contributed by atoms with E-state index in [2.05, 4.69) is 10.2 Å². The summed E-state index contributed by atoms with van der Waals surface area (Å²) in [7, 11) is 1.91. The Bertz CT molecular complexity index is 473. The molecule has 0 spiro atoms. The molecular weight excluding hydrogens is 314 g/mol. The molecule has 5 nitrogen and oxygen atoms in total. The van der Waals surface area contributed by atoms with Crippen LogP contribution in [0.4, 0.5) is 0 Å². The second kappa shape index (κ2) is 9.75.